The molecule has 0 radical (unpaired) electrons. The Kier molecular flexibility index (Phi) is 2.94. The van der Waals surface area contributed by atoms with Crippen molar-refractivity contribution in [3.63, 3.8) is 0 Å². The van der Waals surface area contributed by atoms with E-state index in [0.717, 1.165) is 25.2 Å². The monoisotopic (exact) mass is 272 g/mol. The van der Waals surface area contributed by atoms with E-state index >= 15 is 0 Å². The molecular weight excluding hydrogens is 246 g/mol. The molecule has 20 heavy (non-hydrogen) atoms. The van der Waals surface area contributed by atoms with E-state index in [1.54, 1.807) is 0 Å². The number of hydrogen-bond acceptors (Lipinski definition) is 2. The Morgan fingerprint density at radius 1 is 1.10 bits per heavy atom. The molecule has 108 valence electrons. The smallest absolute Gasteiger partial charge is 0.275 e. The molecule has 0 atom stereocenters. The number of benzene rings is 1. The highest BCUT2D eigenvalue weighted by molar-refractivity contribution is 5.96. The summed E-state index contributed by atoms with van der Waals surface area (Å²) < 4.78 is 2.41. The third-order valence-corrected chi connectivity index (χ3v) is 4.55. The molecule has 1 aromatic rings. The van der Waals surface area contributed by atoms with Crippen molar-refractivity contribution < 1.29 is 4.58 Å². The van der Waals surface area contributed by atoms with Crippen LogP contribution in [0.15, 0.2) is 24.3 Å². The third-order valence-electron chi connectivity index (χ3n) is 4.55. The first-order chi connectivity index (χ1) is 9.27. The maximum Gasteiger partial charge on any atom is 0.275 e. The van der Waals surface area contributed by atoms with Crippen molar-refractivity contribution in [3.8, 4) is 0 Å². The minimum absolute atomic E-state index is 0.154. The van der Waals surface area contributed by atoms with Gasteiger partial charge in [0, 0.05) is 29.5 Å². The molecule has 0 aliphatic carbocycles. The van der Waals surface area contributed by atoms with E-state index in [2.05, 4.69) is 61.9 Å². The average Bonchev–Trinajstić information content (AvgIpc) is 2.64. The van der Waals surface area contributed by atoms with Crippen molar-refractivity contribution >= 4 is 5.84 Å². The lowest BCUT2D eigenvalue weighted by Crippen LogP contribution is -2.61. The summed E-state index contributed by atoms with van der Waals surface area (Å²) in [5, 5.41) is 3.74. The predicted molar refractivity (Wildman–Crippen MR) is 83.0 cm³/mol. The van der Waals surface area contributed by atoms with Crippen molar-refractivity contribution in [3.05, 3.63) is 35.4 Å². The first kappa shape index (κ1) is 13.6. The van der Waals surface area contributed by atoms with Crippen molar-refractivity contribution in [2.45, 2.75) is 64.2 Å². The molecule has 0 bridgehead atoms. The molecule has 1 saturated heterocycles. The van der Waals surface area contributed by atoms with E-state index in [1.807, 2.05) is 0 Å². The summed E-state index contributed by atoms with van der Waals surface area (Å²) in [4.78, 5) is 0. The second-order valence-electron chi connectivity index (χ2n) is 7.63. The normalized spacial score (nSPS) is 24.8. The zero-order valence-corrected chi connectivity index (χ0v) is 13.0. The van der Waals surface area contributed by atoms with Gasteiger partial charge in [0.05, 0.1) is 11.6 Å². The van der Waals surface area contributed by atoms with E-state index in [-0.39, 0.29) is 11.1 Å². The van der Waals surface area contributed by atoms with E-state index in [0.29, 0.717) is 6.04 Å². The van der Waals surface area contributed by atoms with Crippen LogP contribution >= 0.6 is 0 Å². The molecule has 3 rings (SSSR count). The van der Waals surface area contributed by atoms with Gasteiger partial charge >= 0.3 is 0 Å². The van der Waals surface area contributed by atoms with Gasteiger partial charge in [0.1, 0.15) is 6.54 Å². The van der Waals surface area contributed by atoms with E-state index in [9.17, 15) is 0 Å². The highest BCUT2D eigenvalue weighted by Gasteiger charge is 2.42. The van der Waals surface area contributed by atoms with Gasteiger partial charge in [-0.3, -0.25) is 10.3 Å². The summed E-state index contributed by atoms with van der Waals surface area (Å²) in [7, 11) is 0. The Morgan fingerprint density at radius 2 is 1.70 bits per heavy atom. The van der Waals surface area contributed by atoms with Gasteiger partial charge < -0.3 is 5.32 Å². The number of nitrogens with two attached hydrogens (primary N) is 1. The second-order valence-corrected chi connectivity index (χ2v) is 7.63. The van der Waals surface area contributed by atoms with Crippen LogP contribution in [-0.2, 0) is 6.54 Å². The molecule has 1 fully saturated rings. The largest absolute Gasteiger partial charge is 0.307 e. The molecule has 2 aliphatic heterocycles. The topological polar surface area (TPSA) is 41.1 Å². The fraction of sp³-hybridized carbons (Fsp3) is 0.588. The molecule has 3 N–H and O–H groups in total. The van der Waals surface area contributed by atoms with Gasteiger partial charge in [-0.15, -0.1) is 0 Å². The van der Waals surface area contributed by atoms with Crippen LogP contribution in [0.1, 0.15) is 51.7 Å². The van der Waals surface area contributed by atoms with Gasteiger partial charge in [-0.25, -0.2) is 0 Å². The quantitative estimate of drug-likeness (QED) is 0.770. The number of nitrogens with zero attached hydrogens (tertiary/aromatic N) is 1. The van der Waals surface area contributed by atoms with Crippen LogP contribution < -0.4 is 11.1 Å². The molecule has 0 spiro atoms. The molecule has 2 heterocycles. The van der Waals surface area contributed by atoms with Gasteiger partial charge in [-0.2, -0.15) is 0 Å². The summed E-state index contributed by atoms with van der Waals surface area (Å²) in [6.45, 7) is 10.1. The lowest BCUT2D eigenvalue weighted by Gasteiger charge is -2.45. The molecule has 3 nitrogen and oxygen atoms in total. The number of rotatable bonds is 1. The average molecular weight is 272 g/mol. The van der Waals surface area contributed by atoms with Crippen LogP contribution in [0.25, 0.3) is 0 Å². The minimum atomic E-state index is 0.154. The highest BCUT2D eigenvalue weighted by atomic mass is 15.2. The van der Waals surface area contributed by atoms with E-state index < -0.39 is 0 Å². The minimum Gasteiger partial charge on any atom is -0.307 e. The number of nitrogens with one attached hydrogen (secondary N) is 1. The summed E-state index contributed by atoms with van der Waals surface area (Å²) in [6, 6.07) is 9.02. The van der Waals surface area contributed by atoms with Gasteiger partial charge in [0.25, 0.3) is 5.84 Å². The van der Waals surface area contributed by atoms with Crippen molar-refractivity contribution in [2.75, 3.05) is 0 Å². The summed E-state index contributed by atoms with van der Waals surface area (Å²) in [5.74, 6) is 0.958. The molecule has 3 heteroatoms. The lowest BCUT2D eigenvalue weighted by atomic mass is 9.79. The van der Waals surface area contributed by atoms with E-state index in [1.165, 1.54) is 11.1 Å². The first-order valence-electron chi connectivity index (χ1n) is 7.54. The fourth-order valence-electron chi connectivity index (χ4n) is 4.15. The summed E-state index contributed by atoms with van der Waals surface area (Å²) in [5.41, 5.74) is 9.31. The molecule has 0 saturated carbocycles. The highest BCUT2D eigenvalue weighted by Crippen LogP contribution is 2.32. The molecule has 0 aromatic heterocycles. The van der Waals surface area contributed by atoms with Crippen LogP contribution in [0.5, 0.6) is 0 Å². The predicted octanol–water partition coefficient (Wildman–Crippen LogP) is 2.23. The van der Waals surface area contributed by atoms with E-state index in [4.69, 9.17) is 5.73 Å². The molecule has 0 amide bonds. The third kappa shape index (κ3) is 2.35. The van der Waals surface area contributed by atoms with Crippen molar-refractivity contribution in [1.82, 2.24) is 5.32 Å². The zero-order valence-electron chi connectivity index (χ0n) is 13.0. The Hall–Kier alpha value is -1.35. The van der Waals surface area contributed by atoms with Crippen LogP contribution in [0, 0.1) is 0 Å². The fourth-order valence-corrected chi connectivity index (χ4v) is 4.15. The van der Waals surface area contributed by atoms with Crippen LogP contribution in [0.3, 0.4) is 0 Å². The molecular formula is C17H26N3+. The Labute approximate surface area is 121 Å². The van der Waals surface area contributed by atoms with Crippen LogP contribution in [-0.4, -0.2) is 27.5 Å². The zero-order chi connectivity index (χ0) is 14.5. The van der Waals surface area contributed by atoms with Gasteiger partial charge in [0.2, 0.25) is 0 Å². The number of hydrogen-bond donors (Lipinski definition) is 2. The maximum absolute atomic E-state index is 6.42. The Balaban J connectivity index is 1.93. The van der Waals surface area contributed by atoms with Crippen molar-refractivity contribution in [1.29, 1.82) is 0 Å². The first-order valence-corrected chi connectivity index (χ1v) is 7.54. The Bertz CT molecular complexity index is 553. The van der Waals surface area contributed by atoms with Gasteiger partial charge in [-0.05, 0) is 33.8 Å². The van der Waals surface area contributed by atoms with Crippen LogP contribution in [0.2, 0.25) is 0 Å². The van der Waals surface area contributed by atoms with Gasteiger partial charge in [-0.1, -0.05) is 18.2 Å². The summed E-state index contributed by atoms with van der Waals surface area (Å²) in [6.07, 6.45) is 2.26. The molecule has 1 aromatic carbocycles. The second kappa shape index (κ2) is 4.32. The Morgan fingerprint density at radius 3 is 2.30 bits per heavy atom. The standard InChI is InChI=1S/C17H25N3/c1-16(2)9-13(10-17(3,4)19-16)20-11-12-7-5-6-8-14(12)15(20)18/h5-8,13,18-19H,9-11H2,1-4H3/p+1. The molecule has 2 aliphatic rings. The maximum atomic E-state index is 6.42. The lowest BCUT2D eigenvalue weighted by molar-refractivity contribution is -0.584. The number of fused-ring (bicyclic) bond motifs is 1. The van der Waals surface area contributed by atoms with Crippen LogP contribution in [0.4, 0.5) is 0 Å². The van der Waals surface area contributed by atoms with Crippen molar-refractivity contribution in [2.24, 2.45) is 5.73 Å². The number of piperidine rings is 1. The summed E-state index contributed by atoms with van der Waals surface area (Å²) >= 11 is 0. The number of amidine groups is 1. The molecule has 0 unspecified atom stereocenters. The SMILES string of the molecule is CC1(C)CC([N+]2=C(N)c3ccccc3C2)CC(C)(C)N1. The van der Waals surface area contributed by atoms with Gasteiger partial charge in [0.15, 0.2) is 0 Å².